The van der Waals surface area contributed by atoms with Crippen LogP contribution in [0.4, 0.5) is 5.82 Å². The Morgan fingerprint density at radius 1 is 1.21 bits per heavy atom. The van der Waals surface area contributed by atoms with E-state index in [1.807, 2.05) is 24.4 Å². The second kappa shape index (κ2) is 5.36. The van der Waals surface area contributed by atoms with Gasteiger partial charge in [0.1, 0.15) is 5.82 Å². The Labute approximate surface area is 118 Å². The lowest BCUT2D eigenvalue weighted by Gasteiger charge is -2.06. The number of fused-ring (bicyclic) bond motifs is 1. The maximum atomic E-state index is 4.56. The SMILES string of the molecule is Brc1ccc2nc(NCCn3ccnn3)ccc2c1. The third-order valence-electron chi connectivity index (χ3n) is 2.77. The van der Waals surface area contributed by atoms with Gasteiger partial charge in [0.25, 0.3) is 0 Å². The Morgan fingerprint density at radius 3 is 3.00 bits per heavy atom. The minimum atomic E-state index is 0.762. The summed E-state index contributed by atoms with van der Waals surface area (Å²) in [4.78, 5) is 4.56. The van der Waals surface area contributed by atoms with Gasteiger partial charge in [0, 0.05) is 22.6 Å². The normalized spacial score (nSPS) is 10.8. The molecule has 0 radical (unpaired) electrons. The van der Waals surface area contributed by atoms with E-state index in [1.54, 1.807) is 10.9 Å². The molecule has 1 aromatic carbocycles. The summed E-state index contributed by atoms with van der Waals surface area (Å²) in [6.07, 6.45) is 3.51. The van der Waals surface area contributed by atoms with Gasteiger partial charge < -0.3 is 5.32 Å². The number of aromatic nitrogens is 4. The molecule has 3 aromatic rings. The monoisotopic (exact) mass is 317 g/mol. The van der Waals surface area contributed by atoms with Gasteiger partial charge in [-0.3, -0.25) is 4.68 Å². The van der Waals surface area contributed by atoms with Crippen molar-refractivity contribution >= 4 is 32.7 Å². The first-order valence-corrected chi connectivity index (χ1v) is 6.75. The van der Waals surface area contributed by atoms with E-state index in [0.717, 1.165) is 34.3 Å². The number of benzene rings is 1. The Bertz CT molecular complexity index is 681. The molecule has 3 rings (SSSR count). The standard InChI is InChI=1S/C13H12BrN5/c14-11-2-3-12-10(9-11)1-4-13(17-12)15-5-7-19-8-6-16-18-19/h1-4,6,8-9H,5,7H2,(H,15,17). The van der Waals surface area contributed by atoms with Crippen molar-refractivity contribution in [3.05, 3.63) is 47.2 Å². The average molecular weight is 318 g/mol. The van der Waals surface area contributed by atoms with Gasteiger partial charge in [0.2, 0.25) is 0 Å². The van der Waals surface area contributed by atoms with Crippen LogP contribution in [0.25, 0.3) is 10.9 Å². The molecule has 0 aliphatic carbocycles. The lowest BCUT2D eigenvalue weighted by atomic mass is 10.2. The highest BCUT2D eigenvalue weighted by Crippen LogP contribution is 2.19. The van der Waals surface area contributed by atoms with Crippen LogP contribution in [-0.2, 0) is 6.54 Å². The smallest absolute Gasteiger partial charge is 0.126 e. The number of pyridine rings is 1. The van der Waals surface area contributed by atoms with Gasteiger partial charge in [-0.15, -0.1) is 5.10 Å². The lowest BCUT2D eigenvalue weighted by molar-refractivity contribution is 0.608. The molecule has 19 heavy (non-hydrogen) atoms. The number of anilines is 1. The Kier molecular flexibility index (Phi) is 3.41. The van der Waals surface area contributed by atoms with Crippen molar-refractivity contribution in [2.75, 3.05) is 11.9 Å². The molecular weight excluding hydrogens is 306 g/mol. The number of nitrogens with one attached hydrogen (secondary N) is 1. The minimum absolute atomic E-state index is 0.762. The third kappa shape index (κ3) is 2.90. The molecule has 0 spiro atoms. The second-order valence-corrected chi connectivity index (χ2v) is 5.04. The van der Waals surface area contributed by atoms with Gasteiger partial charge >= 0.3 is 0 Å². The molecule has 96 valence electrons. The van der Waals surface area contributed by atoms with Crippen LogP contribution in [0.1, 0.15) is 0 Å². The zero-order valence-corrected chi connectivity index (χ0v) is 11.7. The molecule has 6 heteroatoms. The van der Waals surface area contributed by atoms with Crippen molar-refractivity contribution in [2.45, 2.75) is 6.54 Å². The van der Waals surface area contributed by atoms with E-state index in [4.69, 9.17) is 0 Å². The summed E-state index contributed by atoms with van der Waals surface area (Å²) in [7, 11) is 0. The molecule has 1 N–H and O–H groups in total. The van der Waals surface area contributed by atoms with Crippen molar-refractivity contribution in [2.24, 2.45) is 0 Å². The van der Waals surface area contributed by atoms with Crippen LogP contribution in [0, 0.1) is 0 Å². The molecule has 5 nitrogen and oxygen atoms in total. The number of hydrogen-bond acceptors (Lipinski definition) is 4. The van der Waals surface area contributed by atoms with E-state index in [-0.39, 0.29) is 0 Å². The summed E-state index contributed by atoms with van der Waals surface area (Å²) in [5.74, 6) is 0.870. The highest BCUT2D eigenvalue weighted by molar-refractivity contribution is 9.10. The van der Waals surface area contributed by atoms with Crippen molar-refractivity contribution < 1.29 is 0 Å². The van der Waals surface area contributed by atoms with Gasteiger partial charge in [-0.05, 0) is 30.3 Å². The molecule has 0 fully saturated rings. The molecule has 0 amide bonds. The summed E-state index contributed by atoms with van der Waals surface area (Å²) in [6, 6.07) is 10.1. The molecule has 0 unspecified atom stereocenters. The fraction of sp³-hybridized carbons (Fsp3) is 0.154. The maximum Gasteiger partial charge on any atom is 0.126 e. The van der Waals surface area contributed by atoms with Crippen LogP contribution in [0.5, 0.6) is 0 Å². The molecule has 0 bridgehead atoms. The topological polar surface area (TPSA) is 55.6 Å². The molecule has 0 saturated heterocycles. The highest BCUT2D eigenvalue weighted by Gasteiger charge is 1.99. The summed E-state index contributed by atoms with van der Waals surface area (Å²) >= 11 is 3.46. The summed E-state index contributed by atoms with van der Waals surface area (Å²) in [5, 5.41) is 12.1. The summed E-state index contributed by atoms with van der Waals surface area (Å²) in [5.41, 5.74) is 0.981. The molecule has 2 heterocycles. The van der Waals surface area contributed by atoms with Crippen molar-refractivity contribution in [3.8, 4) is 0 Å². The van der Waals surface area contributed by atoms with Crippen molar-refractivity contribution in [3.63, 3.8) is 0 Å². The van der Waals surface area contributed by atoms with Crippen LogP contribution >= 0.6 is 15.9 Å². The van der Waals surface area contributed by atoms with E-state index in [9.17, 15) is 0 Å². The average Bonchev–Trinajstić information content (AvgIpc) is 2.92. The van der Waals surface area contributed by atoms with Gasteiger partial charge in [-0.1, -0.05) is 21.1 Å². The molecule has 0 aliphatic rings. The first-order chi connectivity index (χ1) is 9.31. The fourth-order valence-electron chi connectivity index (χ4n) is 1.85. The van der Waals surface area contributed by atoms with Crippen LogP contribution < -0.4 is 5.32 Å². The first-order valence-electron chi connectivity index (χ1n) is 5.95. The predicted octanol–water partition coefficient (Wildman–Crippen LogP) is 2.70. The molecule has 0 aliphatic heterocycles. The van der Waals surface area contributed by atoms with E-state index in [1.165, 1.54) is 0 Å². The zero-order valence-electron chi connectivity index (χ0n) is 10.1. The number of nitrogens with zero attached hydrogens (tertiary/aromatic N) is 4. The Balaban J connectivity index is 1.69. The summed E-state index contributed by atoms with van der Waals surface area (Å²) in [6.45, 7) is 1.53. The predicted molar refractivity (Wildman–Crippen MR) is 78.0 cm³/mol. The van der Waals surface area contributed by atoms with E-state index in [2.05, 4.69) is 48.7 Å². The van der Waals surface area contributed by atoms with E-state index < -0.39 is 0 Å². The molecule has 0 atom stereocenters. The third-order valence-corrected chi connectivity index (χ3v) is 3.26. The molecule has 0 saturated carbocycles. The molecule has 2 aromatic heterocycles. The number of hydrogen-bond donors (Lipinski definition) is 1. The van der Waals surface area contributed by atoms with Crippen molar-refractivity contribution in [1.82, 2.24) is 20.0 Å². The van der Waals surface area contributed by atoms with Crippen LogP contribution in [-0.4, -0.2) is 26.5 Å². The maximum absolute atomic E-state index is 4.56. The van der Waals surface area contributed by atoms with Gasteiger partial charge in [0.15, 0.2) is 0 Å². The minimum Gasteiger partial charge on any atom is -0.368 e. The van der Waals surface area contributed by atoms with Gasteiger partial charge in [0.05, 0.1) is 18.3 Å². The highest BCUT2D eigenvalue weighted by atomic mass is 79.9. The van der Waals surface area contributed by atoms with Crippen LogP contribution in [0.3, 0.4) is 0 Å². The second-order valence-electron chi connectivity index (χ2n) is 4.13. The van der Waals surface area contributed by atoms with E-state index in [0.29, 0.717) is 0 Å². The lowest BCUT2D eigenvalue weighted by Crippen LogP contribution is -2.11. The van der Waals surface area contributed by atoms with Crippen LogP contribution in [0.2, 0.25) is 0 Å². The van der Waals surface area contributed by atoms with Crippen LogP contribution in [0.15, 0.2) is 47.2 Å². The number of halogens is 1. The zero-order chi connectivity index (χ0) is 13.1. The molecular formula is C13H12BrN5. The van der Waals surface area contributed by atoms with Crippen molar-refractivity contribution in [1.29, 1.82) is 0 Å². The van der Waals surface area contributed by atoms with Gasteiger partial charge in [-0.2, -0.15) is 0 Å². The fourth-order valence-corrected chi connectivity index (χ4v) is 2.22. The quantitative estimate of drug-likeness (QED) is 0.803. The summed E-state index contributed by atoms with van der Waals surface area (Å²) < 4.78 is 2.85. The number of rotatable bonds is 4. The van der Waals surface area contributed by atoms with Gasteiger partial charge in [-0.25, -0.2) is 4.98 Å². The Morgan fingerprint density at radius 2 is 2.16 bits per heavy atom. The van der Waals surface area contributed by atoms with E-state index >= 15 is 0 Å². The largest absolute Gasteiger partial charge is 0.368 e. The first kappa shape index (κ1) is 12.1. The Hall–Kier alpha value is -1.95.